The fourth-order valence-electron chi connectivity index (χ4n) is 5.41. The minimum absolute atomic E-state index is 0.0175. The van der Waals surface area contributed by atoms with Crippen LogP contribution in [0.1, 0.15) is 22.3 Å². The maximum absolute atomic E-state index is 11.8. The Kier molecular flexibility index (Phi) is 13.0. The van der Waals surface area contributed by atoms with Crippen molar-refractivity contribution in [2.75, 3.05) is 0 Å². The highest BCUT2D eigenvalue weighted by Gasteiger charge is 2.19. The molecule has 262 valence electrons. The molecule has 1 aromatic carbocycles. The second kappa shape index (κ2) is 17.6. The lowest BCUT2D eigenvalue weighted by Gasteiger charge is -2.02. The molecule has 0 spiro atoms. The number of carboxylic acid groups (broad SMARTS) is 2. The number of carbonyl (C=O) groups excluding carboxylic acids is 4. The number of carbonyl (C=O) groups is 2. The molecular formula is C38H26O8S6. The van der Waals surface area contributed by atoms with E-state index in [1.54, 1.807) is 68.0 Å². The van der Waals surface area contributed by atoms with Gasteiger partial charge in [0, 0.05) is 48.8 Å². The van der Waals surface area contributed by atoms with Crippen molar-refractivity contribution in [2.24, 2.45) is 0 Å². The van der Waals surface area contributed by atoms with E-state index in [9.17, 15) is 19.8 Å². The molecule has 0 radical (unpaired) electrons. The highest BCUT2D eigenvalue weighted by molar-refractivity contribution is 7.28. The molecule has 14 heteroatoms. The molecule has 7 aromatic rings. The summed E-state index contributed by atoms with van der Waals surface area (Å²) in [5.41, 5.74) is 6.35. The van der Waals surface area contributed by atoms with Gasteiger partial charge in [0.15, 0.2) is 0 Å². The summed E-state index contributed by atoms with van der Waals surface area (Å²) in [6.07, 6.45) is 0.508. The predicted octanol–water partition coefficient (Wildman–Crippen LogP) is 10.8. The van der Waals surface area contributed by atoms with Crippen molar-refractivity contribution in [3.05, 3.63) is 106 Å². The largest absolute Gasteiger partial charge is 0.481 e. The number of hydrogen-bond donors (Lipinski definition) is 2. The van der Waals surface area contributed by atoms with E-state index in [1.165, 1.54) is 35.5 Å². The van der Waals surface area contributed by atoms with E-state index in [2.05, 4.69) is 79.9 Å². The molecule has 6 heterocycles. The van der Waals surface area contributed by atoms with Gasteiger partial charge < -0.3 is 10.2 Å². The van der Waals surface area contributed by atoms with E-state index in [0.29, 0.717) is 0 Å². The second-order valence-corrected chi connectivity index (χ2v) is 17.1. The molecule has 0 aliphatic rings. The smallest absolute Gasteiger partial charge is 0.373 e. The zero-order valence-corrected chi connectivity index (χ0v) is 32.2. The zero-order chi connectivity index (χ0) is 37.4. The van der Waals surface area contributed by atoms with Crippen molar-refractivity contribution >= 4 is 92.3 Å². The zero-order valence-electron chi connectivity index (χ0n) is 27.3. The van der Waals surface area contributed by atoms with Gasteiger partial charge in [0.1, 0.15) is 0 Å². The van der Waals surface area contributed by atoms with Crippen LogP contribution in [0.4, 0.5) is 0 Å². The summed E-state index contributed by atoms with van der Waals surface area (Å²) in [5.74, 6) is -1.65. The van der Waals surface area contributed by atoms with Gasteiger partial charge in [-0.1, -0.05) is 18.2 Å². The Balaban J connectivity index is 0.000000817. The molecule has 52 heavy (non-hydrogen) atoms. The van der Waals surface area contributed by atoms with Gasteiger partial charge in [0.25, 0.3) is 0 Å². The molecule has 8 nitrogen and oxygen atoms in total. The Labute approximate surface area is 321 Å². The maximum atomic E-state index is 11.8. The first-order chi connectivity index (χ1) is 25.1. The number of benzene rings is 1. The van der Waals surface area contributed by atoms with Gasteiger partial charge in [0.2, 0.25) is 0 Å². The van der Waals surface area contributed by atoms with Crippen LogP contribution in [0.2, 0.25) is 0 Å². The quantitative estimate of drug-likeness (QED) is 0.139. The van der Waals surface area contributed by atoms with Crippen molar-refractivity contribution in [2.45, 2.75) is 26.7 Å². The SMILES string of the molecule is Cc1ccsc1-c1ccc(-c2sc(-c3cccc(-c4cc(C)c(-c5ccc(-c6sccc6CC(=O)O)s5)s4)c3)cc2CC(=O)O)s1.O=C=O.O=C=O. The maximum Gasteiger partial charge on any atom is 0.373 e. The molecule has 7 rings (SSSR count). The van der Waals surface area contributed by atoms with Crippen molar-refractivity contribution in [3.8, 4) is 59.9 Å². The minimum atomic E-state index is -0.833. The van der Waals surface area contributed by atoms with E-state index < -0.39 is 11.9 Å². The number of carboxylic acids is 2. The lowest BCUT2D eigenvalue weighted by atomic mass is 10.1. The first-order valence-corrected chi connectivity index (χ1v) is 20.2. The van der Waals surface area contributed by atoms with Gasteiger partial charge in [-0.05, 0) is 113 Å². The summed E-state index contributed by atoms with van der Waals surface area (Å²) in [4.78, 5) is 67.0. The Morgan fingerprint density at radius 1 is 0.519 bits per heavy atom. The molecular weight excluding hydrogens is 777 g/mol. The van der Waals surface area contributed by atoms with E-state index >= 15 is 0 Å². The average molecular weight is 803 g/mol. The summed E-state index contributed by atoms with van der Waals surface area (Å²) < 4.78 is 0. The Morgan fingerprint density at radius 3 is 1.58 bits per heavy atom. The summed E-state index contributed by atoms with van der Waals surface area (Å²) >= 11 is 10.2. The van der Waals surface area contributed by atoms with Gasteiger partial charge in [0.05, 0.1) is 12.8 Å². The molecule has 6 aromatic heterocycles. The third-order valence-electron chi connectivity index (χ3n) is 7.56. The molecule has 0 aliphatic heterocycles. The van der Waals surface area contributed by atoms with Crippen LogP contribution < -0.4 is 0 Å². The monoisotopic (exact) mass is 802 g/mol. The van der Waals surface area contributed by atoms with E-state index in [4.69, 9.17) is 19.2 Å². The average Bonchev–Trinajstić information content (AvgIpc) is 3.94. The van der Waals surface area contributed by atoms with Gasteiger partial charge in [-0.25, -0.2) is 0 Å². The van der Waals surface area contributed by atoms with Crippen molar-refractivity contribution < 1.29 is 39.0 Å². The third-order valence-corrected chi connectivity index (χ3v) is 14.9. The lowest BCUT2D eigenvalue weighted by Crippen LogP contribution is -1.99. The molecule has 0 fully saturated rings. The minimum Gasteiger partial charge on any atom is -0.481 e. The summed E-state index contributed by atoms with van der Waals surface area (Å²) in [6, 6.07) is 25.3. The fraction of sp³-hybridized carbons (Fsp3) is 0.105. The molecule has 0 unspecified atom stereocenters. The van der Waals surface area contributed by atoms with Crippen LogP contribution in [0.25, 0.3) is 59.9 Å². The Morgan fingerprint density at radius 2 is 1.00 bits per heavy atom. The molecule has 0 saturated carbocycles. The first kappa shape index (κ1) is 38.4. The molecule has 0 saturated heterocycles. The predicted molar refractivity (Wildman–Crippen MR) is 208 cm³/mol. The van der Waals surface area contributed by atoms with Crippen LogP contribution in [0.3, 0.4) is 0 Å². The van der Waals surface area contributed by atoms with Crippen LogP contribution in [-0.2, 0) is 41.6 Å². The summed E-state index contributed by atoms with van der Waals surface area (Å²) in [6.45, 7) is 4.26. The van der Waals surface area contributed by atoms with Crippen molar-refractivity contribution in [3.63, 3.8) is 0 Å². The number of thiophene rings is 6. The first-order valence-electron chi connectivity index (χ1n) is 15.1. The summed E-state index contributed by atoms with van der Waals surface area (Å²) in [7, 11) is 0. The van der Waals surface area contributed by atoms with Crippen molar-refractivity contribution in [1.29, 1.82) is 0 Å². The van der Waals surface area contributed by atoms with Crippen molar-refractivity contribution in [1.82, 2.24) is 0 Å². The second-order valence-electron chi connectivity index (χ2n) is 11.0. The van der Waals surface area contributed by atoms with Crippen LogP contribution in [0, 0.1) is 13.8 Å². The number of rotatable bonds is 10. The topological polar surface area (TPSA) is 143 Å². The van der Waals surface area contributed by atoms with E-state index in [-0.39, 0.29) is 25.1 Å². The highest BCUT2D eigenvalue weighted by atomic mass is 32.1. The number of aliphatic carboxylic acids is 2. The lowest BCUT2D eigenvalue weighted by molar-refractivity contribution is -0.193. The highest BCUT2D eigenvalue weighted by Crippen LogP contribution is 2.47. The number of hydrogen-bond acceptors (Lipinski definition) is 12. The Hall–Kier alpha value is -4.88. The van der Waals surface area contributed by atoms with E-state index in [1.807, 2.05) is 17.5 Å². The van der Waals surface area contributed by atoms with Gasteiger partial charge in [-0.2, -0.15) is 19.2 Å². The van der Waals surface area contributed by atoms with Crippen LogP contribution in [-0.4, -0.2) is 34.5 Å². The number of aryl methyl sites for hydroxylation is 2. The van der Waals surface area contributed by atoms with Gasteiger partial charge in [-0.3, -0.25) is 9.59 Å². The normalized spacial score (nSPS) is 10.3. The molecule has 0 atom stereocenters. The van der Waals surface area contributed by atoms with Crippen LogP contribution in [0.15, 0.2) is 83.6 Å². The Bertz CT molecular complexity index is 2410. The standard InChI is InChI=1S/C36H26O4S6.2CO2/c1-19-10-12-41-33(19)25-6-9-28(43-25)36-24(18-32(39)40)16-30(46-36)22-5-3-4-21(15-22)29-14-20(2)34(45-29)26-7-8-27(44-26)35-23(11-13-42-35)17-31(37)38;2*2-1-3/h3-16H,17-18H2,1-2H3,(H,37,38)(H,39,40);;. The van der Waals surface area contributed by atoms with Crippen LogP contribution >= 0.6 is 68.0 Å². The van der Waals surface area contributed by atoms with Gasteiger partial charge >= 0.3 is 24.2 Å². The summed E-state index contributed by atoms with van der Waals surface area (Å²) in [5, 5.41) is 23.1. The molecule has 0 amide bonds. The van der Waals surface area contributed by atoms with E-state index in [0.717, 1.165) is 46.6 Å². The molecule has 0 aliphatic carbocycles. The van der Waals surface area contributed by atoms with Crippen LogP contribution in [0.5, 0.6) is 0 Å². The molecule has 2 N–H and O–H groups in total. The molecule has 0 bridgehead atoms. The van der Waals surface area contributed by atoms with Gasteiger partial charge in [-0.15, -0.1) is 68.0 Å². The fourth-order valence-corrected chi connectivity index (χ4v) is 12.3. The third kappa shape index (κ3) is 8.94.